The topological polar surface area (TPSA) is 140 Å². The van der Waals surface area contributed by atoms with Gasteiger partial charge in [0, 0.05) is 48.4 Å². The van der Waals surface area contributed by atoms with Crippen LogP contribution in [0.3, 0.4) is 0 Å². The van der Waals surface area contributed by atoms with Gasteiger partial charge in [0.25, 0.3) is 5.56 Å². The zero-order valence-electron chi connectivity index (χ0n) is 20.5. The van der Waals surface area contributed by atoms with Crippen LogP contribution in [0, 0.1) is 0 Å². The second kappa shape index (κ2) is 12.1. The van der Waals surface area contributed by atoms with E-state index < -0.39 is 5.56 Å². The van der Waals surface area contributed by atoms with Crippen LogP contribution < -0.4 is 25.7 Å². The molecule has 0 aliphatic carbocycles. The number of aliphatic hydroxyl groups is 1. The number of methoxy groups -OCH3 is 2. The van der Waals surface area contributed by atoms with Crippen LogP contribution in [0.25, 0.3) is 22.2 Å². The fourth-order valence-electron chi connectivity index (χ4n) is 3.87. The molecule has 0 unspecified atom stereocenters. The molecule has 0 fully saturated rings. The maximum Gasteiger partial charge on any atom is 0.260 e. The molecule has 0 aliphatic heterocycles. The van der Waals surface area contributed by atoms with Gasteiger partial charge in [-0.15, -0.1) is 0 Å². The highest BCUT2D eigenvalue weighted by molar-refractivity contribution is 6.41. The molecule has 38 heavy (non-hydrogen) atoms. The largest absolute Gasteiger partial charge is 0.495 e. The monoisotopic (exact) mass is 558 g/mol. The number of carbonyl (C=O) groups is 1. The Morgan fingerprint density at radius 1 is 1.08 bits per heavy atom. The van der Waals surface area contributed by atoms with Crippen molar-refractivity contribution in [2.75, 3.05) is 38.0 Å². The predicted molar refractivity (Wildman–Crippen MR) is 146 cm³/mol. The van der Waals surface area contributed by atoms with Crippen molar-refractivity contribution in [3.05, 3.63) is 62.8 Å². The molecule has 3 heterocycles. The third kappa shape index (κ3) is 5.49. The number of aliphatic hydroxyl groups excluding tert-OH is 1. The maximum atomic E-state index is 13.9. The van der Waals surface area contributed by atoms with Gasteiger partial charge < -0.3 is 25.2 Å². The molecule has 4 aromatic rings. The molecule has 0 radical (unpaired) electrons. The van der Waals surface area contributed by atoms with Gasteiger partial charge in [0.2, 0.25) is 12.4 Å². The number of ether oxygens (including phenoxy) is 2. The van der Waals surface area contributed by atoms with Gasteiger partial charge in [-0.05, 0) is 18.2 Å². The lowest BCUT2D eigenvalue weighted by Crippen LogP contribution is -2.25. The Kier molecular flexibility index (Phi) is 8.62. The summed E-state index contributed by atoms with van der Waals surface area (Å²) in [4.78, 5) is 37.8. The number of benzene rings is 1. The number of aromatic nitrogens is 4. The Hall–Kier alpha value is -3.93. The second-order valence-electron chi connectivity index (χ2n) is 7.97. The average Bonchev–Trinajstić information content (AvgIpc) is 2.93. The molecule has 3 N–H and O–H groups in total. The van der Waals surface area contributed by atoms with Crippen LogP contribution in [0.5, 0.6) is 11.5 Å². The number of hydrogen-bond donors (Lipinski definition) is 3. The van der Waals surface area contributed by atoms with Gasteiger partial charge in [0.15, 0.2) is 0 Å². The van der Waals surface area contributed by atoms with Gasteiger partial charge in [0.1, 0.15) is 17.1 Å². The van der Waals surface area contributed by atoms with E-state index in [1.807, 2.05) is 0 Å². The summed E-state index contributed by atoms with van der Waals surface area (Å²) >= 11 is 13.3. The molecule has 4 rings (SSSR count). The van der Waals surface area contributed by atoms with E-state index in [4.69, 9.17) is 37.8 Å². The van der Waals surface area contributed by atoms with Crippen LogP contribution >= 0.6 is 23.2 Å². The van der Waals surface area contributed by atoms with Crippen molar-refractivity contribution in [3.63, 3.8) is 0 Å². The van der Waals surface area contributed by atoms with Crippen LogP contribution in [0.15, 0.2) is 41.5 Å². The number of aryl methyl sites for hydroxylation is 2. The number of nitrogens with zero attached hydrogens (tertiary/aromatic N) is 4. The van der Waals surface area contributed by atoms with E-state index in [-0.39, 0.29) is 46.8 Å². The van der Waals surface area contributed by atoms with E-state index in [1.54, 1.807) is 30.5 Å². The highest BCUT2D eigenvalue weighted by Crippen LogP contribution is 2.45. The smallest absolute Gasteiger partial charge is 0.260 e. The van der Waals surface area contributed by atoms with E-state index in [0.29, 0.717) is 46.7 Å². The summed E-state index contributed by atoms with van der Waals surface area (Å²) in [5, 5.41) is 15.5. The Labute approximate surface area is 227 Å². The highest BCUT2D eigenvalue weighted by atomic mass is 35.5. The van der Waals surface area contributed by atoms with Gasteiger partial charge in [-0.25, -0.2) is 4.98 Å². The second-order valence-corrected chi connectivity index (χ2v) is 8.73. The zero-order valence-corrected chi connectivity index (χ0v) is 22.0. The standard InChI is InChI=1S/C25H24Cl2N6O5/c1-37-18-10-19(38-2)22(27)20(21(18)26)17-9-14-11-30-25(28-6-8-34)32-23(14)33(24(17)36)7-5-15-3-4-16(12-29-15)31-13-35/h3-4,9-13,34H,5-8H2,1-2H3,(H,31,35)(H,28,30,32). The third-order valence-electron chi connectivity index (χ3n) is 5.71. The molecule has 0 bridgehead atoms. The summed E-state index contributed by atoms with van der Waals surface area (Å²) in [5.74, 6) is 0.845. The number of carbonyl (C=O) groups excluding carboxylic acids is 1. The van der Waals surface area contributed by atoms with Crippen molar-refractivity contribution < 1.29 is 19.4 Å². The minimum Gasteiger partial charge on any atom is -0.495 e. The number of hydrogen-bond acceptors (Lipinski definition) is 9. The molecule has 11 nitrogen and oxygen atoms in total. The third-order valence-corrected chi connectivity index (χ3v) is 6.46. The van der Waals surface area contributed by atoms with E-state index in [2.05, 4.69) is 25.6 Å². The lowest BCUT2D eigenvalue weighted by Gasteiger charge is -2.17. The Balaban J connectivity index is 1.88. The van der Waals surface area contributed by atoms with Crippen molar-refractivity contribution in [1.29, 1.82) is 0 Å². The van der Waals surface area contributed by atoms with E-state index in [1.165, 1.54) is 25.0 Å². The van der Waals surface area contributed by atoms with E-state index in [9.17, 15) is 9.59 Å². The van der Waals surface area contributed by atoms with Crippen molar-refractivity contribution in [2.45, 2.75) is 13.0 Å². The van der Waals surface area contributed by atoms with Crippen molar-refractivity contribution in [2.24, 2.45) is 0 Å². The van der Waals surface area contributed by atoms with Crippen molar-refractivity contribution in [1.82, 2.24) is 19.5 Å². The molecule has 0 saturated carbocycles. The number of pyridine rings is 2. The van der Waals surface area contributed by atoms with Crippen LogP contribution in [0.2, 0.25) is 10.0 Å². The minimum atomic E-state index is -0.400. The molecule has 0 atom stereocenters. The number of halogens is 2. The lowest BCUT2D eigenvalue weighted by atomic mass is 10.0. The Morgan fingerprint density at radius 2 is 1.82 bits per heavy atom. The lowest BCUT2D eigenvalue weighted by molar-refractivity contribution is -0.105. The first-order valence-corrected chi connectivity index (χ1v) is 12.2. The SMILES string of the molecule is COc1cc(OC)c(Cl)c(-c2cc3cnc(NCCO)nc3n(CCc3ccc(NC=O)cn3)c2=O)c1Cl. The van der Waals surface area contributed by atoms with Gasteiger partial charge in [-0.3, -0.25) is 19.1 Å². The Bertz CT molecular complexity index is 1500. The van der Waals surface area contributed by atoms with Gasteiger partial charge in [0.05, 0.1) is 48.3 Å². The molecule has 3 aromatic heterocycles. The molecule has 198 valence electrons. The molecular formula is C25H24Cl2N6O5. The normalized spacial score (nSPS) is 10.9. The summed E-state index contributed by atoms with van der Waals surface area (Å²) in [6, 6.07) is 6.64. The summed E-state index contributed by atoms with van der Waals surface area (Å²) in [7, 11) is 2.91. The van der Waals surface area contributed by atoms with Gasteiger partial charge in [-0.1, -0.05) is 23.2 Å². The van der Waals surface area contributed by atoms with E-state index >= 15 is 0 Å². The Morgan fingerprint density at radius 3 is 2.42 bits per heavy atom. The molecule has 13 heteroatoms. The van der Waals surface area contributed by atoms with Crippen molar-refractivity contribution in [3.8, 4) is 22.6 Å². The zero-order chi connectivity index (χ0) is 27.2. The summed E-state index contributed by atoms with van der Waals surface area (Å²) in [6.07, 6.45) is 4.05. The molecule has 0 saturated heterocycles. The van der Waals surface area contributed by atoms with Gasteiger partial charge in [-0.2, -0.15) is 4.98 Å². The van der Waals surface area contributed by atoms with E-state index in [0.717, 1.165) is 0 Å². The van der Waals surface area contributed by atoms with Crippen LogP contribution in [0.4, 0.5) is 11.6 Å². The van der Waals surface area contributed by atoms with Gasteiger partial charge >= 0.3 is 0 Å². The fraction of sp³-hybridized carbons (Fsp3) is 0.240. The molecule has 1 amide bonds. The van der Waals surface area contributed by atoms with Crippen LogP contribution in [0.1, 0.15) is 5.69 Å². The minimum absolute atomic E-state index is 0.109. The molecule has 1 aromatic carbocycles. The number of rotatable bonds is 11. The number of anilines is 2. The van der Waals surface area contributed by atoms with Crippen molar-refractivity contribution >= 4 is 52.3 Å². The van der Waals surface area contributed by atoms with Crippen LogP contribution in [-0.2, 0) is 17.8 Å². The first kappa shape index (κ1) is 27.1. The number of amides is 1. The number of fused-ring (bicyclic) bond motifs is 1. The first-order valence-electron chi connectivity index (χ1n) is 11.4. The molecule has 0 spiro atoms. The maximum absolute atomic E-state index is 13.9. The fourth-order valence-corrected chi connectivity index (χ4v) is 4.58. The summed E-state index contributed by atoms with van der Waals surface area (Å²) in [5.41, 5.74) is 1.69. The predicted octanol–water partition coefficient (Wildman–Crippen LogP) is 3.39. The number of nitrogens with one attached hydrogen (secondary N) is 2. The molecule has 0 aliphatic rings. The quantitative estimate of drug-likeness (QED) is 0.236. The summed E-state index contributed by atoms with van der Waals surface area (Å²) < 4.78 is 12.3. The van der Waals surface area contributed by atoms with Crippen LogP contribution in [-0.4, -0.2) is 58.4 Å². The average molecular weight is 559 g/mol. The molecular weight excluding hydrogens is 535 g/mol. The summed E-state index contributed by atoms with van der Waals surface area (Å²) in [6.45, 7) is 0.347. The first-order chi connectivity index (χ1) is 18.4. The highest BCUT2D eigenvalue weighted by Gasteiger charge is 2.23.